The van der Waals surface area contributed by atoms with E-state index in [1.54, 1.807) is 7.05 Å². The number of rotatable bonds is 9. The molecule has 0 saturated carbocycles. The fraction of sp³-hybridized carbons (Fsp3) is 0.529. The van der Waals surface area contributed by atoms with Crippen molar-refractivity contribution >= 4 is 17.6 Å². The average Bonchev–Trinajstić information content (AvgIpc) is 2.54. The molecule has 6 heteroatoms. The van der Waals surface area contributed by atoms with Crippen LogP contribution in [0, 0.1) is 5.92 Å². The van der Waals surface area contributed by atoms with Gasteiger partial charge in [-0.3, -0.25) is 9.79 Å². The van der Waals surface area contributed by atoms with Crippen LogP contribution in [0.5, 0.6) is 0 Å². The zero-order valence-corrected chi connectivity index (χ0v) is 14.3. The van der Waals surface area contributed by atoms with E-state index in [9.17, 15) is 4.79 Å². The van der Waals surface area contributed by atoms with Gasteiger partial charge >= 0.3 is 0 Å². The summed E-state index contributed by atoms with van der Waals surface area (Å²) in [5.74, 6) is 1.05. The number of nitrogens with one attached hydrogen (secondary N) is 3. The molecular formula is C17H28N4O2. The standard InChI is InChI=1S/C17H28N4O2/c1-14(2)13-23-11-7-10-19-17(18-3)20-12-16(22)21-15-8-5-4-6-9-15/h4-6,8-9,14H,7,10-13H2,1-3H3,(H,21,22)(H2,18,19,20). The minimum Gasteiger partial charge on any atom is -0.381 e. The molecule has 6 nitrogen and oxygen atoms in total. The van der Waals surface area contributed by atoms with Gasteiger partial charge in [0.1, 0.15) is 0 Å². The van der Waals surface area contributed by atoms with Crippen LogP contribution in [0.2, 0.25) is 0 Å². The molecule has 0 fully saturated rings. The van der Waals surface area contributed by atoms with Crippen molar-refractivity contribution < 1.29 is 9.53 Å². The fourth-order valence-corrected chi connectivity index (χ4v) is 1.81. The molecule has 0 aliphatic heterocycles. The van der Waals surface area contributed by atoms with Gasteiger partial charge in [-0.25, -0.2) is 0 Å². The molecule has 0 atom stereocenters. The topological polar surface area (TPSA) is 74.8 Å². The van der Waals surface area contributed by atoms with E-state index in [2.05, 4.69) is 34.8 Å². The summed E-state index contributed by atoms with van der Waals surface area (Å²) < 4.78 is 5.51. The lowest BCUT2D eigenvalue weighted by Gasteiger charge is -2.12. The predicted octanol–water partition coefficient (Wildman–Crippen LogP) is 1.85. The van der Waals surface area contributed by atoms with Crippen LogP contribution in [0.1, 0.15) is 20.3 Å². The van der Waals surface area contributed by atoms with Crippen molar-refractivity contribution in [3.05, 3.63) is 30.3 Å². The molecule has 3 N–H and O–H groups in total. The Morgan fingerprint density at radius 2 is 1.96 bits per heavy atom. The number of benzene rings is 1. The molecule has 0 heterocycles. The van der Waals surface area contributed by atoms with E-state index in [-0.39, 0.29) is 12.5 Å². The molecule has 1 aromatic carbocycles. The maximum atomic E-state index is 11.8. The normalized spacial score (nSPS) is 11.4. The molecule has 1 amide bonds. The first-order valence-electron chi connectivity index (χ1n) is 7.99. The Bertz CT molecular complexity index is 475. The highest BCUT2D eigenvalue weighted by molar-refractivity contribution is 5.94. The van der Waals surface area contributed by atoms with Gasteiger partial charge in [-0.2, -0.15) is 0 Å². The SMILES string of the molecule is CN=C(NCCCOCC(C)C)NCC(=O)Nc1ccccc1. The van der Waals surface area contributed by atoms with Crippen LogP contribution < -0.4 is 16.0 Å². The summed E-state index contributed by atoms with van der Waals surface area (Å²) in [6.45, 7) is 6.68. The van der Waals surface area contributed by atoms with Crippen molar-refractivity contribution in [2.24, 2.45) is 10.9 Å². The number of aliphatic imine (C=N–C) groups is 1. The molecule has 0 aliphatic carbocycles. The second-order valence-corrected chi connectivity index (χ2v) is 5.59. The Labute approximate surface area is 138 Å². The number of guanidine groups is 1. The summed E-state index contributed by atoms with van der Waals surface area (Å²) >= 11 is 0. The van der Waals surface area contributed by atoms with E-state index in [4.69, 9.17) is 4.74 Å². The van der Waals surface area contributed by atoms with Gasteiger partial charge in [0.05, 0.1) is 6.54 Å². The maximum Gasteiger partial charge on any atom is 0.243 e. The summed E-state index contributed by atoms with van der Waals surface area (Å²) in [5, 5.41) is 8.95. The van der Waals surface area contributed by atoms with E-state index >= 15 is 0 Å². The van der Waals surface area contributed by atoms with Crippen LogP contribution >= 0.6 is 0 Å². The molecule has 0 aliphatic rings. The number of ether oxygens (including phenoxy) is 1. The number of para-hydroxylation sites is 1. The van der Waals surface area contributed by atoms with Gasteiger partial charge in [0.2, 0.25) is 5.91 Å². The second kappa shape index (κ2) is 11.5. The van der Waals surface area contributed by atoms with Crippen LogP contribution in [0.4, 0.5) is 5.69 Å². The van der Waals surface area contributed by atoms with E-state index < -0.39 is 0 Å². The van der Waals surface area contributed by atoms with Crippen molar-refractivity contribution in [1.29, 1.82) is 0 Å². The fourth-order valence-electron chi connectivity index (χ4n) is 1.81. The number of amides is 1. The van der Waals surface area contributed by atoms with Gasteiger partial charge in [-0.05, 0) is 24.5 Å². The van der Waals surface area contributed by atoms with Gasteiger partial charge in [-0.1, -0.05) is 32.0 Å². The van der Waals surface area contributed by atoms with Crippen LogP contribution in [0.15, 0.2) is 35.3 Å². The van der Waals surface area contributed by atoms with Crippen molar-refractivity contribution in [3.8, 4) is 0 Å². The lowest BCUT2D eigenvalue weighted by Crippen LogP contribution is -2.41. The predicted molar refractivity (Wildman–Crippen MR) is 94.7 cm³/mol. The van der Waals surface area contributed by atoms with Crippen LogP contribution in [-0.2, 0) is 9.53 Å². The average molecular weight is 320 g/mol. The smallest absolute Gasteiger partial charge is 0.243 e. The van der Waals surface area contributed by atoms with E-state index in [1.165, 1.54) is 0 Å². The number of carbonyl (C=O) groups excluding carboxylic acids is 1. The quantitative estimate of drug-likeness (QED) is 0.369. The second-order valence-electron chi connectivity index (χ2n) is 5.59. The monoisotopic (exact) mass is 320 g/mol. The Morgan fingerprint density at radius 3 is 2.61 bits per heavy atom. The van der Waals surface area contributed by atoms with Gasteiger partial charge < -0.3 is 20.7 Å². The first-order valence-corrected chi connectivity index (χ1v) is 7.99. The van der Waals surface area contributed by atoms with Crippen LogP contribution in [-0.4, -0.2) is 45.2 Å². The molecule has 128 valence electrons. The van der Waals surface area contributed by atoms with Crippen molar-refractivity contribution in [1.82, 2.24) is 10.6 Å². The highest BCUT2D eigenvalue weighted by Crippen LogP contribution is 2.03. The summed E-state index contributed by atoms with van der Waals surface area (Å²) in [4.78, 5) is 15.9. The molecule has 0 unspecified atom stereocenters. The molecule has 0 radical (unpaired) electrons. The van der Waals surface area contributed by atoms with Crippen molar-refractivity contribution in [2.45, 2.75) is 20.3 Å². The number of nitrogens with zero attached hydrogens (tertiary/aromatic N) is 1. The van der Waals surface area contributed by atoms with Crippen molar-refractivity contribution in [3.63, 3.8) is 0 Å². The summed E-state index contributed by atoms with van der Waals surface area (Å²) in [5.41, 5.74) is 0.782. The molecular weight excluding hydrogens is 292 g/mol. The lowest BCUT2D eigenvalue weighted by atomic mass is 10.2. The van der Waals surface area contributed by atoms with Gasteiger partial charge in [0.15, 0.2) is 5.96 Å². The highest BCUT2D eigenvalue weighted by Gasteiger charge is 2.03. The summed E-state index contributed by atoms with van der Waals surface area (Å²) in [6, 6.07) is 9.37. The maximum absolute atomic E-state index is 11.8. The molecule has 23 heavy (non-hydrogen) atoms. The zero-order valence-electron chi connectivity index (χ0n) is 14.3. The molecule has 0 aromatic heterocycles. The summed E-state index contributed by atoms with van der Waals surface area (Å²) in [7, 11) is 1.68. The number of hydrogen-bond donors (Lipinski definition) is 3. The lowest BCUT2D eigenvalue weighted by molar-refractivity contribution is -0.115. The molecule has 0 bridgehead atoms. The van der Waals surface area contributed by atoms with Gasteiger partial charge in [-0.15, -0.1) is 0 Å². The van der Waals surface area contributed by atoms with Gasteiger partial charge in [0, 0.05) is 32.5 Å². The first-order chi connectivity index (χ1) is 11.1. The first kappa shape index (κ1) is 19.0. The molecule has 0 saturated heterocycles. The highest BCUT2D eigenvalue weighted by atomic mass is 16.5. The third-order valence-corrected chi connectivity index (χ3v) is 2.91. The largest absolute Gasteiger partial charge is 0.381 e. The van der Waals surface area contributed by atoms with Gasteiger partial charge in [0.25, 0.3) is 0 Å². The summed E-state index contributed by atoms with van der Waals surface area (Å²) in [6.07, 6.45) is 0.892. The Morgan fingerprint density at radius 1 is 1.22 bits per heavy atom. The Balaban J connectivity index is 2.15. The molecule has 0 spiro atoms. The van der Waals surface area contributed by atoms with E-state index in [1.807, 2.05) is 30.3 Å². The molecule has 1 rings (SSSR count). The minimum absolute atomic E-state index is 0.112. The number of carbonyl (C=O) groups is 1. The third kappa shape index (κ3) is 9.52. The van der Waals surface area contributed by atoms with Crippen molar-refractivity contribution in [2.75, 3.05) is 38.7 Å². The Kier molecular flexibility index (Phi) is 9.47. The zero-order chi connectivity index (χ0) is 16.9. The number of hydrogen-bond acceptors (Lipinski definition) is 3. The van der Waals surface area contributed by atoms with Crippen LogP contribution in [0.25, 0.3) is 0 Å². The minimum atomic E-state index is -0.112. The molecule has 1 aromatic rings. The van der Waals surface area contributed by atoms with E-state index in [0.717, 1.165) is 31.9 Å². The van der Waals surface area contributed by atoms with Crippen LogP contribution in [0.3, 0.4) is 0 Å². The van der Waals surface area contributed by atoms with E-state index in [0.29, 0.717) is 11.9 Å². The Hall–Kier alpha value is -2.08. The number of anilines is 1. The third-order valence-electron chi connectivity index (χ3n) is 2.91.